The van der Waals surface area contributed by atoms with Crippen LogP contribution in [0.1, 0.15) is 25.5 Å². The molecule has 0 aliphatic rings. The first-order chi connectivity index (χ1) is 15.3. The van der Waals surface area contributed by atoms with Gasteiger partial charge in [-0.05, 0) is 11.6 Å². The van der Waals surface area contributed by atoms with Crippen LogP contribution in [0.4, 0.5) is 0 Å². The maximum atomic E-state index is 12.8. The Labute approximate surface area is 186 Å². The van der Waals surface area contributed by atoms with E-state index < -0.39 is 27.5 Å². The first kappa shape index (κ1) is 23.4. The van der Waals surface area contributed by atoms with Crippen molar-refractivity contribution < 1.29 is 13.2 Å². The van der Waals surface area contributed by atoms with Crippen LogP contribution < -0.4 is 10.9 Å². The Hall–Kier alpha value is -3.31. The molecule has 0 bridgehead atoms. The van der Waals surface area contributed by atoms with Gasteiger partial charge in [-0.2, -0.15) is 9.40 Å². The molecule has 2 heterocycles. The molecule has 1 atom stereocenters. The zero-order chi connectivity index (χ0) is 23.1. The topological polar surface area (TPSA) is 119 Å². The lowest BCUT2D eigenvalue weighted by Gasteiger charge is -2.20. The van der Waals surface area contributed by atoms with Gasteiger partial charge in [-0.15, -0.1) is 0 Å². The zero-order valence-corrected chi connectivity index (χ0v) is 18.8. The van der Waals surface area contributed by atoms with Crippen LogP contribution in [0.5, 0.6) is 0 Å². The van der Waals surface area contributed by atoms with Crippen molar-refractivity contribution in [3.63, 3.8) is 0 Å². The van der Waals surface area contributed by atoms with Crippen molar-refractivity contribution in [1.82, 2.24) is 29.0 Å². The van der Waals surface area contributed by atoms with E-state index >= 15 is 0 Å². The van der Waals surface area contributed by atoms with Gasteiger partial charge >= 0.3 is 0 Å². The van der Waals surface area contributed by atoms with Gasteiger partial charge in [0.15, 0.2) is 0 Å². The van der Waals surface area contributed by atoms with Crippen molar-refractivity contribution in [3.05, 3.63) is 77.2 Å². The molecule has 0 aliphatic carbocycles. The molecule has 0 aliphatic heterocycles. The minimum Gasteiger partial charge on any atom is -0.346 e. The van der Waals surface area contributed by atoms with Gasteiger partial charge in [-0.25, -0.2) is 13.4 Å². The highest BCUT2D eigenvalue weighted by molar-refractivity contribution is 7.89. The highest BCUT2D eigenvalue weighted by Gasteiger charge is 2.23. The minimum absolute atomic E-state index is 0.0316. The highest BCUT2D eigenvalue weighted by Crippen LogP contribution is 2.16. The maximum Gasteiger partial charge on any atom is 0.251 e. The van der Waals surface area contributed by atoms with Crippen molar-refractivity contribution in [1.29, 1.82) is 0 Å². The first-order valence-corrected chi connectivity index (χ1v) is 11.7. The predicted octanol–water partition coefficient (Wildman–Crippen LogP) is 1.03. The number of aromatic nitrogens is 4. The summed E-state index contributed by atoms with van der Waals surface area (Å²) >= 11 is 0. The van der Waals surface area contributed by atoms with Gasteiger partial charge in [0, 0.05) is 25.4 Å². The number of nitrogens with zero attached hydrogens (tertiary/aromatic N) is 5. The van der Waals surface area contributed by atoms with Gasteiger partial charge in [0.25, 0.3) is 5.56 Å². The summed E-state index contributed by atoms with van der Waals surface area (Å²) in [6.07, 6.45) is 4.17. The van der Waals surface area contributed by atoms with Gasteiger partial charge < -0.3 is 9.88 Å². The molecular formula is C21H26N6O4S. The summed E-state index contributed by atoms with van der Waals surface area (Å²) in [6.45, 7) is 4.12. The molecule has 10 nitrogen and oxygen atoms in total. The first-order valence-electron chi connectivity index (χ1n) is 10.2. The Balaban J connectivity index is 1.81. The molecule has 1 amide bonds. The average Bonchev–Trinajstić information content (AvgIpc) is 3.29. The zero-order valence-electron chi connectivity index (χ0n) is 18.0. The van der Waals surface area contributed by atoms with E-state index in [2.05, 4.69) is 15.4 Å². The molecule has 0 saturated heterocycles. The lowest BCUT2D eigenvalue weighted by molar-refractivity contribution is -0.122. The molecule has 0 saturated carbocycles. The van der Waals surface area contributed by atoms with Crippen LogP contribution in [-0.2, 0) is 27.9 Å². The summed E-state index contributed by atoms with van der Waals surface area (Å²) in [5.41, 5.74) is 0.396. The smallest absolute Gasteiger partial charge is 0.251 e. The fraction of sp³-hybridized carbons (Fsp3) is 0.333. The standard InChI is InChI=1S/C21H26N6O4S/c1-3-27(4-2)32(30,31)18-10-11-21(29)25(12-18)14-20(28)24-19(13-26-16-22-15-23-26)17-8-6-5-7-9-17/h5-12,15-16,19H,3-4,13-14H2,1-2H3,(H,24,28). The van der Waals surface area contributed by atoms with Gasteiger partial charge in [0.05, 0.1) is 17.5 Å². The van der Waals surface area contributed by atoms with Crippen LogP contribution in [0.3, 0.4) is 0 Å². The number of pyridine rings is 1. The lowest BCUT2D eigenvalue weighted by atomic mass is 10.1. The number of nitrogens with one attached hydrogen (secondary N) is 1. The predicted molar refractivity (Wildman–Crippen MR) is 118 cm³/mol. The quantitative estimate of drug-likeness (QED) is 0.485. The summed E-state index contributed by atoms with van der Waals surface area (Å²) in [5.74, 6) is -0.432. The molecule has 1 N–H and O–H groups in total. The summed E-state index contributed by atoms with van der Waals surface area (Å²) < 4.78 is 29.5. The molecule has 3 rings (SSSR count). The van der Waals surface area contributed by atoms with Gasteiger partial charge in [-0.1, -0.05) is 44.2 Å². The van der Waals surface area contributed by atoms with E-state index in [-0.39, 0.29) is 11.4 Å². The van der Waals surface area contributed by atoms with Crippen LogP contribution in [0.25, 0.3) is 0 Å². The maximum absolute atomic E-state index is 12.8. The van der Waals surface area contributed by atoms with E-state index in [0.717, 1.165) is 16.2 Å². The van der Waals surface area contributed by atoms with Crippen LogP contribution in [0.2, 0.25) is 0 Å². The molecular weight excluding hydrogens is 432 g/mol. The number of rotatable bonds is 10. The van der Waals surface area contributed by atoms with Crippen LogP contribution in [0, 0.1) is 0 Å². The van der Waals surface area contributed by atoms with E-state index in [4.69, 9.17) is 0 Å². The normalized spacial score (nSPS) is 12.6. The Bertz CT molecular complexity index is 1190. The van der Waals surface area contributed by atoms with Gasteiger partial charge in [-0.3, -0.25) is 14.3 Å². The largest absolute Gasteiger partial charge is 0.346 e. The van der Waals surface area contributed by atoms with E-state index in [1.807, 2.05) is 30.3 Å². The monoisotopic (exact) mass is 458 g/mol. The molecule has 0 fully saturated rings. The van der Waals surface area contributed by atoms with Gasteiger partial charge in [0.2, 0.25) is 15.9 Å². The molecule has 3 aromatic rings. The lowest BCUT2D eigenvalue weighted by Crippen LogP contribution is -2.37. The Morgan fingerprint density at radius 3 is 2.47 bits per heavy atom. The fourth-order valence-corrected chi connectivity index (χ4v) is 4.81. The Morgan fingerprint density at radius 2 is 1.84 bits per heavy atom. The number of amides is 1. The second-order valence-electron chi connectivity index (χ2n) is 7.07. The second-order valence-corrected chi connectivity index (χ2v) is 9.01. The molecule has 11 heteroatoms. The fourth-order valence-electron chi connectivity index (χ4n) is 3.33. The number of sulfonamides is 1. The third kappa shape index (κ3) is 5.48. The third-order valence-corrected chi connectivity index (χ3v) is 7.02. The van der Waals surface area contributed by atoms with Crippen molar-refractivity contribution in [2.75, 3.05) is 13.1 Å². The number of hydrogen-bond donors (Lipinski definition) is 1. The molecule has 0 radical (unpaired) electrons. The average molecular weight is 459 g/mol. The molecule has 0 spiro atoms. The SMILES string of the molecule is CCN(CC)S(=O)(=O)c1ccc(=O)n(CC(=O)NC(Cn2cncn2)c2ccccc2)c1. The van der Waals surface area contributed by atoms with Crippen molar-refractivity contribution in [2.24, 2.45) is 0 Å². The van der Waals surface area contributed by atoms with E-state index in [1.165, 1.54) is 22.9 Å². The number of carbonyl (C=O) groups is 1. The third-order valence-electron chi connectivity index (χ3n) is 4.99. The molecule has 2 aromatic heterocycles. The number of benzene rings is 1. The number of carbonyl (C=O) groups excluding carboxylic acids is 1. The van der Waals surface area contributed by atoms with Crippen LogP contribution >= 0.6 is 0 Å². The molecule has 1 unspecified atom stereocenters. The summed E-state index contributed by atoms with van der Waals surface area (Å²) in [7, 11) is -3.75. The Kier molecular flexibility index (Phi) is 7.54. The van der Waals surface area contributed by atoms with Crippen molar-refractivity contribution in [3.8, 4) is 0 Å². The van der Waals surface area contributed by atoms with E-state index in [0.29, 0.717) is 19.6 Å². The number of hydrogen-bond acceptors (Lipinski definition) is 6. The summed E-state index contributed by atoms with van der Waals surface area (Å²) in [6, 6.07) is 11.4. The summed E-state index contributed by atoms with van der Waals surface area (Å²) in [5, 5.41) is 6.99. The molecule has 1 aromatic carbocycles. The Morgan fingerprint density at radius 1 is 1.12 bits per heavy atom. The van der Waals surface area contributed by atoms with E-state index in [9.17, 15) is 18.0 Å². The molecule has 32 heavy (non-hydrogen) atoms. The van der Waals surface area contributed by atoms with Crippen LogP contribution in [0.15, 0.2) is 71.0 Å². The minimum atomic E-state index is -3.75. The summed E-state index contributed by atoms with van der Waals surface area (Å²) in [4.78, 5) is 29.0. The second kappa shape index (κ2) is 10.3. The van der Waals surface area contributed by atoms with Crippen LogP contribution in [-0.4, -0.2) is 51.1 Å². The van der Waals surface area contributed by atoms with Gasteiger partial charge in [0.1, 0.15) is 19.2 Å². The molecule has 170 valence electrons. The highest BCUT2D eigenvalue weighted by atomic mass is 32.2. The van der Waals surface area contributed by atoms with Crippen molar-refractivity contribution >= 4 is 15.9 Å². The van der Waals surface area contributed by atoms with Crippen molar-refractivity contribution in [2.45, 2.75) is 37.9 Å². The van der Waals surface area contributed by atoms with E-state index in [1.54, 1.807) is 24.9 Å².